The van der Waals surface area contributed by atoms with Gasteiger partial charge >= 0.3 is 5.69 Å². The van der Waals surface area contributed by atoms with Crippen LogP contribution in [0.3, 0.4) is 0 Å². The fourth-order valence-electron chi connectivity index (χ4n) is 4.80. The molecule has 0 bridgehead atoms. The van der Waals surface area contributed by atoms with Gasteiger partial charge in [0.1, 0.15) is 16.6 Å². The lowest BCUT2D eigenvalue weighted by molar-refractivity contribution is -0.126. The van der Waals surface area contributed by atoms with Crippen LogP contribution in [0, 0.1) is 5.82 Å². The van der Waals surface area contributed by atoms with E-state index in [1.165, 1.54) is 28.0 Å². The summed E-state index contributed by atoms with van der Waals surface area (Å²) < 4.78 is 16.2. The van der Waals surface area contributed by atoms with Crippen molar-refractivity contribution in [2.45, 2.75) is 32.7 Å². The molecule has 1 aromatic carbocycles. The summed E-state index contributed by atoms with van der Waals surface area (Å²) in [5.41, 5.74) is 2.74. The molecule has 4 heterocycles. The van der Waals surface area contributed by atoms with Gasteiger partial charge in [-0.15, -0.1) is 11.3 Å². The minimum absolute atomic E-state index is 0.136. The number of halogens is 2. The normalized spacial score (nSPS) is 15.7. The smallest absolute Gasteiger partial charge is 0.350 e. The summed E-state index contributed by atoms with van der Waals surface area (Å²) in [4.78, 5) is 43.3. The fraction of sp³-hybridized carbons (Fsp3) is 0.296. The van der Waals surface area contributed by atoms with E-state index in [9.17, 15) is 14.0 Å². The Labute approximate surface area is 228 Å². The van der Waals surface area contributed by atoms with Crippen molar-refractivity contribution in [2.24, 2.45) is 0 Å². The van der Waals surface area contributed by atoms with Gasteiger partial charge in [-0.25, -0.2) is 23.7 Å². The third-order valence-corrected chi connectivity index (χ3v) is 7.77. The Morgan fingerprint density at radius 3 is 2.79 bits per heavy atom. The Morgan fingerprint density at radius 1 is 1.29 bits per heavy atom. The monoisotopic (exact) mass is 552 g/mol. The maximum absolute atomic E-state index is 14.8. The number of carbonyl (C=O) groups is 1. The molecule has 0 aliphatic carbocycles. The molecule has 1 atom stereocenters. The van der Waals surface area contributed by atoms with E-state index in [-0.39, 0.29) is 28.2 Å². The number of carbonyl (C=O) groups excluding carboxylic acids is 1. The second kappa shape index (κ2) is 10.6. The van der Waals surface area contributed by atoms with Gasteiger partial charge in [-0.2, -0.15) is 4.98 Å². The number of fused-ring (bicyclic) bond motifs is 1. The molecule has 11 heteroatoms. The Morgan fingerprint density at radius 2 is 2.08 bits per heavy atom. The zero-order valence-corrected chi connectivity index (χ0v) is 22.6. The van der Waals surface area contributed by atoms with Gasteiger partial charge < -0.3 is 9.80 Å². The summed E-state index contributed by atoms with van der Waals surface area (Å²) in [5.74, 6) is -0.182. The third-order valence-electron chi connectivity index (χ3n) is 6.63. The molecule has 38 heavy (non-hydrogen) atoms. The summed E-state index contributed by atoms with van der Waals surface area (Å²) in [6, 6.07) is 7.81. The van der Waals surface area contributed by atoms with Crippen molar-refractivity contribution in [3.8, 4) is 16.3 Å². The lowest BCUT2D eigenvalue weighted by atomic mass is 10.1. The number of piperazine rings is 1. The molecule has 1 fully saturated rings. The number of pyridine rings is 1. The Balaban J connectivity index is 1.75. The van der Waals surface area contributed by atoms with Crippen LogP contribution in [0.1, 0.15) is 26.0 Å². The van der Waals surface area contributed by atoms with E-state index < -0.39 is 11.5 Å². The van der Waals surface area contributed by atoms with E-state index in [1.54, 1.807) is 34.7 Å². The van der Waals surface area contributed by atoms with Crippen LogP contribution in [0.25, 0.3) is 27.3 Å². The molecule has 0 spiro atoms. The molecule has 1 aliphatic rings. The number of rotatable bonds is 6. The van der Waals surface area contributed by atoms with Crippen LogP contribution in [-0.4, -0.2) is 56.0 Å². The highest BCUT2D eigenvalue weighted by molar-refractivity contribution is 7.12. The highest BCUT2D eigenvalue weighted by Crippen LogP contribution is 2.35. The first kappa shape index (κ1) is 26.0. The Bertz CT molecular complexity index is 1600. The van der Waals surface area contributed by atoms with Crippen LogP contribution in [0.15, 0.2) is 53.3 Å². The van der Waals surface area contributed by atoms with Crippen molar-refractivity contribution in [3.63, 3.8) is 0 Å². The van der Waals surface area contributed by atoms with Crippen LogP contribution in [0.4, 0.5) is 10.2 Å². The van der Waals surface area contributed by atoms with Gasteiger partial charge in [0.15, 0.2) is 5.65 Å². The van der Waals surface area contributed by atoms with E-state index in [0.717, 1.165) is 12.1 Å². The van der Waals surface area contributed by atoms with Crippen molar-refractivity contribution in [2.75, 3.05) is 24.5 Å². The Hall–Kier alpha value is -3.63. The largest absolute Gasteiger partial charge is 0.356 e. The maximum atomic E-state index is 14.8. The maximum Gasteiger partial charge on any atom is 0.356 e. The standard InChI is InChI=1S/C27H26ClFN6O2S/c1-4-8-21-26(38-15-30-21)35-25-18(13-19(28)23(31-25)17-9-6-7-10-20(17)29)24(32-27(35)37)34-12-11-33(14-16(34)3)22(36)5-2/h5-7,9-10,13,15-16H,2,4,8,11-12,14H2,1,3H3/t16-/m0/s1. The summed E-state index contributed by atoms with van der Waals surface area (Å²) in [6.45, 7) is 8.94. The van der Waals surface area contributed by atoms with Gasteiger partial charge in [-0.3, -0.25) is 4.79 Å². The lowest BCUT2D eigenvalue weighted by Gasteiger charge is -2.40. The second-order valence-electron chi connectivity index (χ2n) is 9.11. The quantitative estimate of drug-likeness (QED) is 0.317. The van der Waals surface area contributed by atoms with Gasteiger partial charge in [-0.05, 0) is 37.6 Å². The van der Waals surface area contributed by atoms with E-state index >= 15 is 0 Å². The van der Waals surface area contributed by atoms with Crippen molar-refractivity contribution in [1.82, 2.24) is 24.4 Å². The molecule has 8 nitrogen and oxygen atoms in total. The molecular formula is C27H26ClFN6O2S. The third kappa shape index (κ3) is 4.58. The minimum atomic E-state index is -0.514. The molecule has 1 saturated heterocycles. The molecule has 0 radical (unpaired) electrons. The Kier molecular flexibility index (Phi) is 7.27. The first-order valence-electron chi connectivity index (χ1n) is 12.3. The zero-order chi connectivity index (χ0) is 27.0. The summed E-state index contributed by atoms with van der Waals surface area (Å²) in [6.07, 6.45) is 2.83. The molecule has 3 aromatic heterocycles. The van der Waals surface area contributed by atoms with Crippen LogP contribution in [0.5, 0.6) is 0 Å². The van der Waals surface area contributed by atoms with Crippen LogP contribution >= 0.6 is 22.9 Å². The van der Waals surface area contributed by atoms with E-state index in [0.29, 0.717) is 47.9 Å². The topological polar surface area (TPSA) is 84.2 Å². The second-order valence-corrected chi connectivity index (χ2v) is 10.3. The average molecular weight is 553 g/mol. The predicted molar refractivity (Wildman–Crippen MR) is 149 cm³/mol. The number of hydrogen-bond donors (Lipinski definition) is 0. The molecular weight excluding hydrogens is 527 g/mol. The van der Waals surface area contributed by atoms with Crippen LogP contribution < -0.4 is 10.6 Å². The van der Waals surface area contributed by atoms with E-state index in [2.05, 4.69) is 16.5 Å². The molecule has 5 rings (SSSR count). The summed E-state index contributed by atoms with van der Waals surface area (Å²) >= 11 is 8.03. The molecule has 1 aliphatic heterocycles. The minimum Gasteiger partial charge on any atom is -0.350 e. The van der Waals surface area contributed by atoms with Crippen molar-refractivity contribution < 1.29 is 9.18 Å². The van der Waals surface area contributed by atoms with E-state index in [4.69, 9.17) is 16.6 Å². The molecule has 1 amide bonds. The highest BCUT2D eigenvalue weighted by atomic mass is 35.5. The number of aromatic nitrogens is 4. The number of anilines is 1. The molecule has 0 saturated carbocycles. The van der Waals surface area contributed by atoms with Gasteiger partial charge in [0.05, 0.1) is 27.3 Å². The number of amides is 1. The lowest BCUT2D eigenvalue weighted by Crippen LogP contribution is -2.54. The number of thiazole rings is 1. The van der Waals surface area contributed by atoms with Gasteiger partial charge in [0.2, 0.25) is 5.91 Å². The molecule has 0 unspecified atom stereocenters. The first-order chi connectivity index (χ1) is 18.3. The highest BCUT2D eigenvalue weighted by Gasteiger charge is 2.30. The zero-order valence-electron chi connectivity index (χ0n) is 21.0. The average Bonchev–Trinajstić information content (AvgIpc) is 3.36. The van der Waals surface area contributed by atoms with Crippen molar-refractivity contribution in [3.05, 3.63) is 75.5 Å². The molecule has 196 valence electrons. The van der Waals surface area contributed by atoms with Gasteiger partial charge in [0, 0.05) is 31.2 Å². The van der Waals surface area contributed by atoms with Crippen LogP contribution in [0.2, 0.25) is 5.02 Å². The van der Waals surface area contributed by atoms with Gasteiger partial charge in [0.25, 0.3) is 0 Å². The molecule has 4 aromatic rings. The predicted octanol–water partition coefficient (Wildman–Crippen LogP) is 4.87. The first-order valence-corrected chi connectivity index (χ1v) is 13.6. The molecule has 0 N–H and O–H groups in total. The number of aryl methyl sites for hydroxylation is 1. The number of hydrogen-bond acceptors (Lipinski definition) is 7. The summed E-state index contributed by atoms with van der Waals surface area (Å²) in [7, 11) is 0. The number of nitrogens with zero attached hydrogens (tertiary/aromatic N) is 6. The van der Waals surface area contributed by atoms with Gasteiger partial charge in [-0.1, -0.05) is 43.7 Å². The summed E-state index contributed by atoms with van der Waals surface area (Å²) in [5, 5.41) is 1.42. The van der Waals surface area contributed by atoms with E-state index in [1.807, 2.05) is 18.7 Å². The van der Waals surface area contributed by atoms with Crippen molar-refractivity contribution >= 4 is 45.7 Å². The number of benzene rings is 1. The van der Waals surface area contributed by atoms with Crippen molar-refractivity contribution in [1.29, 1.82) is 0 Å². The fourth-order valence-corrected chi connectivity index (χ4v) is 5.90. The van der Waals surface area contributed by atoms with Crippen LogP contribution in [-0.2, 0) is 11.2 Å². The SMILES string of the molecule is C=CC(=O)N1CCN(c2nc(=O)n(-c3scnc3CCC)c3nc(-c4ccccc4F)c(Cl)cc23)[C@@H](C)C1.